The Morgan fingerprint density at radius 3 is 2.33 bits per heavy atom. The number of carbonyl (C=O) groups excluding carboxylic acids is 2. The summed E-state index contributed by atoms with van der Waals surface area (Å²) in [6.45, 7) is 1.35. The van der Waals surface area contributed by atoms with Gasteiger partial charge in [-0.25, -0.2) is 4.68 Å². The van der Waals surface area contributed by atoms with Gasteiger partial charge >= 0.3 is 5.97 Å². The van der Waals surface area contributed by atoms with Crippen LogP contribution in [0.1, 0.15) is 30.2 Å². The Morgan fingerprint density at radius 2 is 1.63 bits per heavy atom. The van der Waals surface area contributed by atoms with Gasteiger partial charge in [0.1, 0.15) is 0 Å². The molecule has 1 aromatic heterocycles. The summed E-state index contributed by atoms with van der Waals surface area (Å²) in [5.74, 6) is -0.766. The molecule has 1 amide bonds. The number of hydrogen-bond donors (Lipinski definition) is 0. The zero-order chi connectivity index (χ0) is 21.1. The van der Waals surface area contributed by atoms with Crippen molar-refractivity contribution in [3.8, 4) is 0 Å². The van der Waals surface area contributed by atoms with E-state index in [1.165, 1.54) is 4.68 Å². The highest BCUT2D eigenvalue weighted by molar-refractivity contribution is 5.89. The Hall–Kier alpha value is -3.48. The minimum Gasteiger partial charge on any atom is -0.447 e. The highest BCUT2D eigenvalue weighted by Crippen LogP contribution is 2.24. The fraction of sp³-hybridized carbons (Fsp3) is 0.304. The fourth-order valence-corrected chi connectivity index (χ4v) is 3.81. The number of rotatable bonds is 5. The van der Waals surface area contributed by atoms with Crippen LogP contribution in [-0.2, 0) is 27.8 Å². The van der Waals surface area contributed by atoms with Crippen molar-refractivity contribution in [1.82, 2.24) is 14.7 Å². The molecule has 1 fully saturated rings. The maximum atomic E-state index is 13.0. The van der Waals surface area contributed by atoms with Gasteiger partial charge < -0.3 is 9.64 Å². The molecule has 1 atom stereocenters. The van der Waals surface area contributed by atoms with Crippen LogP contribution in [0, 0.1) is 0 Å². The topological polar surface area (TPSA) is 81.5 Å². The third-order valence-corrected chi connectivity index (χ3v) is 5.34. The fourth-order valence-electron chi connectivity index (χ4n) is 3.81. The summed E-state index contributed by atoms with van der Waals surface area (Å²) in [7, 11) is 1.55. The average Bonchev–Trinajstić information content (AvgIpc) is 3.31. The summed E-state index contributed by atoms with van der Waals surface area (Å²) in [6, 6.07) is 16.1. The number of nitrogens with zero attached hydrogens (tertiary/aromatic N) is 3. The first-order chi connectivity index (χ1) is 14.5. The standard InChI is InChI=1S/C23H23N3O4/c1-25-22(28)18-12-6-5-11-17(18)19(24-25)15-20(27)30-21(16-9-3-2-4-10-16)23(29)26-13-7-8-14-26/h2-6,9-12,21H,7-8,13-15H2,1H3/t21-/m1/s1. The SMILES string of the molecule is Cn1nc(CC(=O)O[C@@H](C(=O)N2CCCC2)c2ccccc2)c2ccccc2c1=O. The molecule has 2 aromatic carbocycles. The second-order valence-electron chi connectivity index (χ2n) is 7.41. The van der Waals surface area contributed by atoms with Crippen LogP contribution < -0.4 is 5.56 Å². The lowest BCUT2D eigenvalue weighted by Crippen LogP contribution is -2.35. The van der Waals surface area contributed by atoms with E-state index in [9.17, 15) is 14.4 Å². The third-order valence-electron chi connectivity index (χ3n) is 5.34. The van der Waals surface area contributed by atoms with Crippen LogP contribution in [0.2, 0.25) is 0 Å². The first-order valence-corrected chi connectivity index (χ1v) is 10.0. The summed E-state index contributed by atoms with van der Waals surface area (Å²) >= 11 is 0. The normalized spacial score (nSPS) is 14.6. The number of benzene rings is 2. The van der Waals surface area contributed by atoms with Crippen molar-refractivity contribution < 1.29 is 14.3 Å². The number of amides is 1. The zero-order valence-electron chi connectivity index (χ0n) is 16.8. The molecule has 7 nitrogen and oxygen atoms in total. The quantitative estimate of drug-likeness (QED) is 0.609. The van der Waals surface area contributed by atoms with Gasteiger partial charge in [0.25, 0.3) is 11.5 Å². The molecule has 0 spiro atoms. The lowest BCUT2D eigenvalue weighted by molar-refractivity contribution is -0.160. The van der Waals surface area contributed by atoms with Gasteiger partial charge in [-0.2, -0.15) is 5.10 Å². The monoisotopic (exact) mass is 405 g/mol. The minimum absolute atomic E-state index is 0.134. The second kappa shape index (κ2) is 8.49. The molecule has 3 aromatic rings. The van der Waals surface area contributed by atoms with Crippen LogP contribution in [0.5, 0.6) is 0 Å². The molecule has 4 rings (SSSR count). The van der Waals surface area contributed by atoms with E-state index in [2.05, 4.69) is 5.10 Å². The molecule has 0 unspecified atom stereocenters. The summed E-state index contributed by atoms with van der Waals surface area (Å²) in [5, 5.41) is 5.35. The Labute approximate surface area is 173 Å². The Balaban J connectivity index is 1.61. The maximum absolute atomic E-state index is 13.0. The first kappa shape index (κ1) is 19.8. The highest BCUT2D eigenvalue weighted by Gasteiger charge is 2.31. The Morgan fingerprint density at radius 1 is 1.00 bits per heavy atom. The van der Waals surface area contributed by atoms with E-state index in [1.807, 2.05) is 18.2 Å². The lowest BCUT2D eigenvalue weighted by atomic mass is 10.1. The van der Waals surface area contributed by atoms with Crippen LogP contribution in [0.4, 0.5) is 0 Å². The molecule has 2 heterocycles. The van der Waals surface area contributed by atoms with E-state index < -0.39 is 12.1 Å². The number of fused-ring (bicyclic) bond motifs is 1. The predicted octanol–water partition coefficient (Wildman–Crippen LogP) is 2.38. The van der Waals surface area contributed by atoms with Crippen LogP contribution in [0.15, 0.2) is 59.4 Å². The van der Waals surface area contributed by atoms with Crippen molar-refractivity contribution in [1.29, 1.82) is 0 Å². The number of carbonyl (C=O) groups is 2. The maximum Gasteiger partial charge on any atom is 0.313 e. The van der Waals surface area contributed by atoms with Gasteiger partial charge in [-0.1, -0.05) is 48.5 Å². The van der Waals surface area contributed by atoms with Gasteiger partial charge in [0, 0.05) is 31.1 Å². The number of aryl methyl sites for hydroxylation is 1. The van der Waals surface area contributed by atoms with Crippen LogP contribution in [-0.4, -0.2) is 39.6 Å². The second-order valence-corrected chi connectivity index (χ2v) is 7.41. The van der Waals surface area contributed by atoms with Crippen molar-refractivity contribution >= 4 is 22.6 Å². The smallest absolute Gasteiger partial charge is 0.313 e. The largest absolute Gasteiger partial charge is 0.447 e. The van der Waals surface area contributed by atoms with E-state index >= 15 is 0 Å². The predicted molar refractivity (Wildman–Crippen MR) is 112 cm³/mol. The number of esters is 1. The van der Waals surface area contributed by atoms with Gasteiger partial charge in [0.15, 0.2) is 0 Å². The number of aromatic nitrogens is 2. The summed E-state index contributed by atoms with van der Waals surface area (Å²) in [4.78, 5) is 39.9. The number of hydrogen-bond acceptors (Lipinski definition) is 5. The summed E-state index contributed by atoms with van der Waals surface area (Å²) in [5.41, 5.74) is 0.855. The van der Waals surface area contributed by atoms with E-state index in [0.717, 1.165) is 12.8 Å². The van der Waals surface area contributed by atoms with Crippen molar-refractivity contribution in [3.05, 3.63) is 76.2 Å². The summed E-state index contributed by atoms with van der Waals surface area (Å²) < 4.78 is 6.89. The van der Waals surface area contributed by atoms with Crippen LogP contribution in [0.3, 0.4) is 0 Å². The third kappa shape index (κ3) is 3.96. The molecule has 1 aliphatic heterocycles. The van der Waals surface area contributed by atoms with Gasteiger partial charge in [-0.3, -0.25) is 14.4 Å². The minimum atomic E-state index is -0.990. The molecule has 30 heavy (non-hydrogen) atoms. The van der Waals surface area contributed by atoms with Crippen molar-refractivity contribution in [2.75, 3.05) is 13.1 Å². The molecule has 0 aliphatic carbocycles. The van der Waals surface area contributed by atoms with Gasteiger partial charge in [-0.05, 0) is 18.9 Å². The molecule has 1 aliphatic rings. The molecule has 0 radical (unpaired) electrons. The molecular weight excluding hydrogens is 382 g/mol. The number of ether oxygens (including phenoxy) is 1. The van der Waals surface area contributed by atoms with Crippen molar-refractivity contribution in [2.24, 2.45) is 7.05 Å². The van der Waals surface area contributed by atoms with E-state index in [4.69, 9.17) is 4.74 Å². The Bertz CT molecular complexity index is 1130. The van der Waals surface area contributed by atoms with Gasteiger partial charge in [0.2, 0.25) is 6.10 Å². The molecular formula is C23H23N3O4. The van der Waals surface area contributed by atoms with Crippen LogP contribution >= 0.6 is 0 Å². The van der Waals surface area contributed by atoms with Crippen molar-refractivity contribution in [3.63, 3.8) is 0 Å². The van der Waals surface area contributed by atoms with Crippen molar-refractivity contribution in [2.45, 2.75) is 25.4 Å². The van der Waals surface area contributed by atoms with Gasteiger partial charge in [-0.15, -0.1) is 0 Å². The average molecular weight is 405 g/mol. The highest BCUT2D eigenvalue weighted by atomic mass is 16.5. The molecule has 0 N–H and O–H groups in total. The summed E-state index contributed by atoms with van der Waals surface area (Å²) in [6.07, 6.45) is 0.783. The molecule has 154 valence electrons. The Kier molecular flexibility index (Phi) is 5.61. The molecule has 0 saturated carbocycles. The lowest BCUT2D eigenvalue weighted by Gasteiger charge is -2.23. The molecule has 7 heteroatoms. The van der Waals surface area contributed by atoms with E-state index in [-0.39, 0.29) is 17.9 Å². The van der Waals surface area contributed by atoms with Crippen LogP contribution in [0.25, 0.3) is 10.8 Å². The zero-order valence-corrected chi connectivity index (χ0v) is 16.8. The molecule has 0 bridgehead atoms. The van der Waals surface area contributed by atoms with E-state index in [1.54, 1.807) is 48.3 Å². The van der Waals surface area contributed by atoms with Gasteiger partial charge in [0.05, 0.1) is 17.5 Å². The van der Waals surface area contributed by atoms with E-state index in [0.29, 0.717) is 35.1 Å². The molecule has 1 saturated heterocycles. The first-order valence-electron chi connectivity index (χ1n) is 10.0. The number of likely N-dealkylation sites (tertiary alicyclic amines) is 1.